The number of hydrogen-bond acceptors (Lipinski definition) is 5. The third-order valence-electron chi connectivity index (χ3n) is 4.12. The predicted octanol–water partition coefficient (Wildman–Crippen LogP) is 3.72. The van der Waals surface area contributed by atoms with Crippen molar-refractivity contribution in [3.05, 3.63) is 89.0 Å². The van der Waals surface area contributed by atoms with E-state index in [1.165, 1.54) is 30.5 Å². The van der Waals surface area contributed by atoms with Crippen LogP contribution in [0.15, 0.2) is 71.8 Å². The van der Waals surface area contributed by atoms with Crippen LogP contribution in [0.25, 0.3) is 0 Å². The monoisotopic (exact) mass is 486 g/mol. The molecule has 3 amide bonds. The number of nitrogens with one attached hydrogen (secondary N) is 3. The maximum absolute atomic E-state index is 13.2. The van der Waals surface area contributed by atoms with Gasteiger partial charge in [-0.25, -0.2) is 14.2 Å². The molecule has 34 heavy (non-hydrogen) atoms. The normalized spacial score (nSPS) is 10.6. The van der Waals surface area contributed by atoms with E-state index in [1.807, 2.05) is 0 Å². The molecular weight excluding hydrogens is 470 g/mol. The Labute approximate surface area is 197 Å². The molecule has 0 unspecified atom stereocenters. The Morgan fingerprint density at radius 1 is 0.912 bits per heavy atom. The van der Waals surface area contributed by atoms with Crippen molar-refractivity contribution < 1.29 is 27.9 Å². The summed E-state index contributed by atoms with van der Waals surface area (Å²) in [7, 11) is 0. The third kappa shape index (κ3) is 7.38. The lowest BCUT2D eigenvalue weighted by molar-refractivity contribution is -0.136. The molecule has 0 bridgehead atoms. The van der Waals surface area contributed by atoms with Gasteiger partial charge in [-0.2, -0.15) is 5.10 Å². The van der Waals surface area contributed by atoms with Crippen LogP contribution in [-0.2, 0) is 14.4 Å². The van der Waals surface area contributed by atoms with Gasteiger partial charge in [0.1, 0.15) is 17.4 Å². The molecule has 0 saturated carbocycles. The lowest BCUT2D eigenvalue weighted by Crippen LogP contribution is -2.32. The quantitative estimate of drug-likeness (QED) is 0.268. The van der Waals surface area contributed by atoms with E-state index in [4.69, 9.17) is 16.3 Å². The minimum atomic E-state index is -1.02. The van der Waals surface area contributed by atoms with E-state index in [9.17, 15) is 23.2 Å². The maximum atomic E-state index is 13.2. The summed E-state index contributed by atoms with van der Waals surface area (Å²) in [5.41, 5.74) is 3.16. The van der Waals surface area contributed by atoms with Crippen LogP contribution >= 0.6 is 11.6 Å². The molecule has 3 rings (SSSR count). The van der Waals surface area contributed by atoms with Gasteiger partial charge in [0.25, 0.3) is 5.91 Å². The van der Waals surface area contributed by atoms with Crippen LogP contribution in [0.3, 0.4) is 0 Å². The average Bonchev–Trinajstić information content (AvgIpc) is 2.82. The van der Waals surface area contributed by atoms with E-state index >= 15 is 0 Å². The van der Waals surface area contributed by atoms with Crippen molar-refractivity contribution in [1.82, 2.24) is 5.43 Å². The molecule has 8 nitrogen and oxygen atoms in total. The summed E-state index contributed by atoms with van der Waals surface area (Å²) in [4.78, 5) is 35.7. The second kappa shape index (κ2) is 11.5. The van der Waals surface area contributed by atoms with Crippen molar-refractivity contribution in [2.45, 2.75) is 0 Å². The van der Waals surface area contributed by atoms with Gasteiger partial charge in [-0.15, -0.1) is 0 Å². The van der Waals surface area contributed by atoms with Crippen LogP contribution in [0.5, 0.6) is 5.75 Å². The topological polar surface area (TPSA) is 109 Å². The molecule has 3 aromatic rings. The lowest BCUT2D eigenvalue weighted by Gasteiger charge is -2.08. The molecule has 0 spiro atoms. The number of anilines is 2. The molecular formula is C23H17ClF2N4O4. The van der Waals surface area contributed by atoms with Gasteiger partial charge >= 0.3 is 11.8 Å². The molecule has 0 aromatic heterocycles. The highest BCUT2D eigenvalue weighted by atomic mass is 35.5. The number of carbonyl (C=O) groups is 3. The summed E-state index contributed by atoms with van der Waals surface area (Å²) in [5.74, 6) is -3.21. The van der Waals surface area contributed by atoms with E-state index in [-0.39, 0.29) is 17.3 Å². The van der Waals surface area contributed by atoms with E-state index < -0.39 is 29.4 Å². The van der Waals surface area contributed by atoms with Gasteiger partial charge in [-0.05, 0) is 60.2 Å². The average molecular weight is 487 g/mol. The van der Waals surface area contributed by atoms with Gasteiger partial charge in [0.05, 0.1) is 11.2 Å². The summed E-state index contributed by atoms with van der Waals surface area (Å²) in [5, 5.41) is 8.41. The molecule has 0 saturated heterocycles. The van der Waals surface area contributed by atoms with E-state index in [1.54, 1.807) is 24.3 Å². The molecule has 0 aliphatic heterocycles. The number of halogens is 3. The fraction of sp³-hybridized carbons (Fsp3) is 0.0435. The first kappa shape index (κ1) is 24.3. The number of amides is 3. The van der Waals surface area contributed by atoms with Crippen molar-refractivity contribution in [3.63, 3.8) is 0 Å². The van der Waals surface area contributed by atoms with Crippen LogP contribution < -0.4 is 20.8 Å². The first-order chi connectivity index (χ1) is 16.3. The maximum Gasteiger partial charge on any atom is 0.329 e. The van der Waals surface area contributed by atoms with Crippen molar-refractivity contribution in [2.75, 3.05) is 17.2 Å². The number of carbonyl (C=O) groups excluding carboxylic acids is 3. The molecule has 0 aliphatic rings. The molecule has 0 radical (unpaired) electrons. The number of hydrogen-bond donors (Lipinski definition) is 3. The molecule has 0 heterocycles. The highest BCUT2D eigenvalue weighted by molar-refractivity contribution is 6.39. The lowest BCUT2D eigenvalue weighted by atomic mass is 10.2. The predicted molar refractivity (Wildman–Crippen MR) is 123 cm³/mol. The molecule has 0 atom stereocenters. The Morgan fingerprint density at radius 2 is 1.65 bits per heavy atom. The fourth-order valence-corrected chi connectivity index (χ4v) is 2.72. The SMILES string of the molecule is O=C(COc1cccc(/C=N\NC(=O)C(=O)Nc2ccc(F)cc2)c1)Nc1ccc(F)c(Cl)c1. The Balaban J connectivity index is 1.48. The molecule has 11 heteroatoms. The summed E-state index contributed by atoms with van der Waals surface area (Å²) in [6.45, 7) is -0.324. The van der Waals surface area contributed by atoms with Crippen LogP contribution in [0, 0.1) is 11.6 Å². The Bertz CT molecular complexity index is 1240. The number of ether oxygens (including phenoxy) is 1. The summed E-state index contributed by atoms with van der Waals surface area (Å²) >= 11 is 5.68. The number of hydrazone groups is 1. The van der Waals surface area contributed by atoms with Crippen molar-refractivity contribution >= 4 is 46.9 Å². The number of rotatable bonds is 7. The highest BCUT2D eigenvalue weighted by Crippen LogP contribution is 2.19. The molecule has 0 fully saturated rings. The van der Waals surface area contributed by atoms with Crippen molar-refractivity contribution in [2.24, 2.45) is 5.10 Å². The summed E-state index contributed by atoms with van der Waals surface area (Å²) < 4.78 is 31.5. The van der Waals surface area contributed by atoms with Gasteiger partial charge in [-0.1, -0.05) is 23.7 Å². The van der Waals surface area contributed by atoms with E-state index in [2.05, 4.69) is 21.2 Å². The Kier molecular flexibility index (Phi) is 8.25. The van der Waals surface area contributed by atoms with Crippen LogP contribution in [0.4, 0.5) is 20.2 Å². The van der Waals surface area contributed by atoms with Gasteiger partial charge < -0.3 is 15.4 Å². The van der Waals surface area contributed by atoms with Crippen molar-refractivity contribution in [3.8, 4) is 5.75 Å². The summed E-state index contributed by atoms with van der Waals surface area (Å²) in [6.07, 6.45) is 1.27. The molecule has 3 N–H and O–H groups in total. The van der Waals surface area contributed by atoms with Crippen LogP contribution in [-0.4, -0.2) is 30.5 Å². The van der Waals surface area contributed by atoms with Crippen molar-refractivity contribution in [1.29, 1.82) is 0 Å². The zero-order chi connectivity index (χ0) is 24.5. The highest BCUT2D eigenvalue weighted by Gasteiger charge is 2.13. The van der Waals surface area contributed by atoms with E-state index in [0.29, 0.717) is 17.0 Å². The largest absolute Gasteiger partial charge is 0.484 e. The smallest absolute Gasteiger partial charge is 0.329 e. The minimum Gasteiger partial charge on any atom is -0.484 e. The van der Waals surface area contributed by atoms with Crippen LogP contribution in [0.1, 0.15) is 5.56 Å². The Morgan fingerprint density at radius 3 is 2.38 bits per heavy atom. The number of benzene rings is 3. The van der Waals surface area contributed by atoms with Gasteiger partial charge in [-0.3, -0.25) is 14.4 Å². The molecule has 0 aliphatic carbocycles. The summed E-state index contributed by atoms with van der Waals surface area (Å²) in [6, 6.07) is 15.1. The third-order valence-corrected chi connectivity index (χ3v) is 4.41. The minimum absolute atomic E-state index is 0.120. The zero-order valence-corrected chi connectivity index (χ0v) is 18.1. The fourth-order valence-electron chi connectivity index (χ4n) is 2.54. The van der Waals surface area contributed by atoms with Gasteiger partial charge in [0.15, 0.2) is 6.61 Å². The van der Waals surface area contributed by atoms with Gasteiger partial charge in [0.2, 0.25) is 0 Å². The van der Waals surface area contributed by atoms with Gasteiger partial charge in [0, 0.05) is 11.4 Å². The Hall–Kier alpha value is -4.31. The first-order valence-corrected chi connectivity index (χ1v) is 10.1. The molecule has 3 aromatic carbocycles. The second-order valence-corrected chi connectivity index (χ2v) is 7.11. The number of nitrogens with zero attached hydrogens (tertiary/aromatic N) is 1. The molecule has 174 valence electrons. The second-order valence-electron chi connectivity index (χ2n) is 6.70. The standard InChI is InChI=1S/C23H17ClF2N4O4/c24-19-11-17(8-9-20(19)26)28-21(31)13-34-18-3-1-2-14(10-18)12-27-30-23(33)22(32)29-16-6-4-15(25)5-7-16/h1-12H,13H2,(H,28,31)(H,29,32)(H,30,33)/b27-12-. The van der Waals surface area contributed by atoms with E-state index in [0.717, 1.165) is 18.2 Å². The van der Waals surface area contributed by atoms with Crippen LogP contribution in [0.2, 0.25) is 5.02 Å². The first-order valence-electron chi connectivity index (χ1n) is 9.68. The zero-order valence-electron chi connectivity index (χ0n) is 17.3.